The third kappa shape index (κ3) is 3.91. The highest BCUT2D eigenvalue weighted by Crippen LogP contribution is 2.41. The summed E-state index contributed by atoms with van der Waals surface area (Å²) >= 11 is 2.00. The standard InChI is InChI=1S/C16H29NO2S/c1-3-12(2)11-20-10-8-13-5-4-9-16(13,15(18)19)17-14-6-7-14/h12-14,17H,3-11H2,1-2H3,(H,18,19). The van der Waals surface area contributed by atoms with Crippen molar-refractivity contribution in [3.8, 4) is 0 Å². The maximum absolute atomic E-state index is 11.8. The van der Waals surface area contributed by atoms with Crippen molar-refractivity contribution in [2.24, 2.45) is 11.8 Å². The van der Waals surface area contributed by atoms with Crippen molar-refractivity contribution in [1.82, 2.24) is 5.32 Å². The topological polar surface area (TPSA) is 49.3 Å². The Balaban J connectivity index is 1.83. The van der Waals surface area contributed by atoms with Crippen LogP contribution in [-0.2, 0) is 4.79 Å². The highest BCUT2D eigenvalue weighted by Gasteiger charge is 2.50. The zero-order chi connectivity index (χ0) is 14.6. The van der Waals surface area contributed by atoms with Gasteiger partial charge < -0.3 is 5.11 Å². The van der Waals surface area contributed by atoms with Crippen molar-refractivity contribution >= 4 is 17.7 Å². The Kier molecular flexibility index (Phi) is 5.79. The van der Waals surface area contributed by atoms with Crippen LogP contribution in [0, 0.1) is 11.8 Å². The van der Waals surface area contributed by atoms with Crippen LogP contribution in [0.5, 0.6) is 0 Å². The smallest absolute Gasteiger partial charge is 0.324 e. The average molecular weight is 299 g/mol. The third-order valence-corrected chi connectivity index (χ3v) is 6.28. The number of carbonyl (C=O) groups is 1. The molecule has 20 heavy (non-hydrogen) atoms. The van der Waals surface area contributed by atoms with Gasteiger partial charge in [-0.1, -0.05) is 26.7 Å². The molecule has 0 aromatic rings. The zero-order valence-electron chi connectivity index (χ0n) is 12.9. The lowest BCUT2D eigenvalue weighted by atomic mass is 9.85. The fraction of sp³-hybridized carbons (Fsp3) is 0.938. The molecule has 0 aliphatic heterocycles. The zero-order valence-corrected chi connectivity index (χ0v) is 13.7. The maximum Gasteiger partial charge on any atom is 0.324 e. The molecular formula is C16H29NO2S. The van der Waals surface area contributed by atoms with Gasteiger partial charge in [0.1, 0.15) is 5.54 Å². The molecule has 116 valence electrons. The summed E-state index contributed by atoms with van der Waals surface area (Å²) in [4.78, 5) is 11.8. The van der Waals surface area contributed by atoms with Gasteiger partial charge in [0.15, 0.2) is 0 Å². The predicted molar refractivity (Wildman–Crippen MR) is 85.3 cm³/mol. The highest BCUT2D eigenvalue weighted by atomic mass is 32.2. The molecule has 2 aliphatic rings. The average Bonchev–Trinajstić information content (AvgIpc) is 3.14. The first-order valence-corrected chi connectivity index (χ1v) is 9.32. The van der Waals surface area contributed by atoms with Gasteiger partial charge in [0.05, 0.1) is 0 Å². The molecule has 2 N–H and O–H groups in total. The molecule has 0 heterocycles. The van der Waals surface area contributed by atoms with E-state index in [1.807, 2.05) is 11.8 Å². The normalized spacial score (nSPS) is 31.4. The van der Waals surface area contributed by atoms with E-state index in [4.69, 9.17) is 0 Å². The molecule has 3 nitrogen and oxygen atoms in total. The van der Waals surface area contributed by atoms with Crippen molar-refractivity contribution in [1.29, 1.82) is 0 Å². The van der Waals surface area contributed by atoms with Gasteiger partial charge in [-0.2, -0.15) is 11.8 Å². The second-order valence-corrected chi connectivity index (χ2v) is 7.81. The molecule has 2 saturated carbocycles. The van der Waals surface area contributed by atoms with Gasteiger partial charge in [0.25, 0.3) is 0 Å². The van der Waals surface area contributed by atoms with Gasteiger partial charge in [-0.15, -0.1) is 0 Å². The number of hydrogen-bond acceptors (Lipinski definition) is 3. The van der Waals surface area contributed by atoms with E-state index in [1.165, 1.54) is 12.2 Å². The van der Waals surface area contributed by atoms with Crippen LogP contribution >= 0.6 is 11.8 Å². The first-order chi connectivity index (χ1) is 9.58. The SMILES string of the molecule is CCC(C)CSCCC1CCCC1(NC1CC1)C(=O)O. The van der Waals surface area contributed by atoms with E-state index in [-0.39, 0.29) is 0 Å². The summed E-state index contributed by atoms with van der Waals surface area (Å²) in [5.74, 6) is 2.80. The monoisotopic (exact) mass is 299 g/mol. The van der Waals surface area contributed by atoms with Gasteiger partial charge in [0.2, 0.25) is 0 Å². The molecule has 0 aromatic heterocycles. The van der Waals surface area contributed by atoms with E-state index >= 15 is 0 Å². The number of rotatable bonds is 9. The molecule has 2 fully saturated rings. The number of aliphatic carboxylic acids is 1. The summed E-state index contributed by atoms with van der Waals surface area (Å²) in [6.07, 6.45) is 7.56. The van der Waals surface area contributed by atoms with Crippen LogP contribution in [0.4, 0.5) is 0 Å². The largest absolute Gasteiger partial charge is 0.480 e. The lowest BCUT2D eigenvalue weighted by molar-refractivity contribution is -0.146. The summed E-state index contributed by atoms with van der Waals surface area (Å²) in [6, 6.07) is 0.472. The Bertz CT molecular complexity index is 332. The van der Waals surface area contributed by atoms with Crippen molar-refractivity contribution in [3.63, 3.8) is 0 Å². The Hall–Kier alpha value is -0.220. The Morgan fingerprint density at radius 3 is 2.80 bits per heavy atom. The molecule has 0 aromatic carbocycles. The molecule has 0 amide bonds. The van der Waals surface area contributed by atoms with Crippen LogP contribution in [0.2, 0.25) is 0 Å². The fourth-order valence-corrected chi connectivity index (χ4v) is 4.48. The fourth-order valence-electron chi connectivity index (χ4n) is 3.22. The van der Waals surface area contributed by atoms with Crippen molar-refractivity contribution in [2.45, 2.75) is 70.4 Å². The number of hydrogen-bond donors (Lipinski definition) is 2. The Morgan fingerprint density at radius 1 is 1.45 bits per heavy atom. The van der Waals surface area contributed by atoms with Crippen molar-refractivity contribution < 1.29 is 9.90 Å². The van der Waals surface area contributed by atoms with Crippen LogP contribution < -0.4 is 5.32 Å². The Labute approximate surface area is 127 Å². The molecule has 2 aliphatic carbocycles. The number of carboxylic acid groups (broad SMARTS) is 1. The lowest BCUT2D eigenvalue weighted by Crippen LogP contribution is -2.55. The summed E-state index contributed by atoms with van der Waals surface area (Å²) in [6.45, 7) is 4.52. The summed E-state index contributed by atoms with van der Waals surface area (Å²) in [5, 5.41) is 13.2. The molecule has 0 saturated heterocycles. The quantitative estimate of drug-likeness (QED) is 0.639. The molecule has 0 bridgehead atoms. The number of carboxylic acids is 1. The van der Waals surface area contributed by atoms with Gasteiger partial charge in [-0.3, -0.25) is 10.1 Å². The van der Waals surface area contributed by atoms with Crippen LogP contribution in [-0.4, -0.2) is 34.2 Å². The molecular weight excluding hydrogens is 270 g/mol. The second-order valence-electron chi connectivity index (χ2n) is 6.66. The van der Waals surface area contributed by atoms with E-state index < -0.39 is 11.5 Å². The van der Waals surface area contributed by atoms with Gasteiger partial charge in [-0.05, 0) is 55.4 Å². The van der Waals surface area contributed by atoms with E-state index in [0.717, 1.165) is 50.2 Å². The van der Waals surface area contributed by atoms with E-state index in [9.17, 15) is 9.90 Å². The Morgan fingerprint density at radius 2 is 2.20 bits per heavy atom. The van der Waals surface area contributed by atoms with Gasteiger partial charge in [-0.25, -0.2) is 0 Å². The maximum atomic E-state index is 11.8. The lowest BCUT2D eigenvalue weighted by Gasteiger charge is -2.33. The third-order valence-electron chi connectivity index (χ3n) is 4.95. The molecule has 4 heteroatoms. The summed E-state index contributed by atoms with van der Waals surface area (Å²) in [7, 11) is 0. The van der Waals surface area contributed by atoms with Crippen LogP contribution in [0.25, 0.3) is 0 Å². The first-order valence-electron chi connectivity index (χ1n) is 8.17. The number of thioether (sulfide) groups is 1. The van der Waals surface area contributed by atoms with Gasteiger partial charge in [0, 0.05) is 6.04 Å². The molecule has 0 spiro atoms. The minimum absolute atomic E-state index is 0.324. The van der Waals surface area contributed by atoms with Crippen LogP contribution in [0.1, 0.15) is 58.8 Å². The van der Waals surface area contributed by atoms with Crippen molar-refractivity contribution in [2.75, 3.05) is 11.5 Å². The van der Waals surface area contributed by atoms with E-state index in [2.05, 4.69) is 19.2 Å². The molecule has 0 radical (unpaired) electrons. The first kappa shape index (κ1) is 16.2. The van der Waals surface area contributed by atoms with Crippen LogP contribution in [0.3, 0.4) is 0 Å². The van der Waals surface area contributed by atoms with Crippen molar-refractivity contribution in [3.05, 3.63) is 0 Å². The minimum Gasteiger partial charge on any atom is -0.480 e. The second kappa shape index (κ2) is 7.17. The number of nitrogens with one attached hydrogen (secondary N) is 1. The van der Waals surface area contributed by atoms with E-state index in [1.54, 1.807) is 0 Å². The van der Waals surface area contributed by atoms with E-state index in [0.29, 0.717) is 12.0 Å². The molecule has 2 rings (SSSR count). The minimum atomic E-state index is -0.613. The predicted octanol–water partition coefficient (Wildman–Crippen LogP) is 3.53. The van der Waals surface area contributed by atoms with Gasteiger partial charge >= 0.3 is 5.97 Å². The highest BCUT2D eigenvalue weighted by molar-refractivity contribution is 7.99. The molecule has 3 unspecified atom stereocenters. The molecule has 3 atom stereocenters. The summed E-state index contributed by atoms with van der Waals surface area (Å²) < 4.78 is 0. The van der Waals surface area contributed by atoms with Crippen LogP contribution in [0.15, 0.2) is 0 Å². The summed E-state index contributed by atoms with van der Waals surface area (Å²) in [5.41, 5.74) is -0.613.